The number of rotatable bonds is 9. The number of carbonyl (C=O) groups excluding carboxylic acids is 3. The second kappa shape index (κ2) is 11.1. The summed E-state index contributed by atoms with van der Waals surface area (Å²) in [4.78, 5) is 44.6. The Morgan fingerprint density at radius 3 is 2.30 bits per heavy atom. The lowest BCUT2D eigenvalue weighted by Gasteiger charge is -2.34. The number of nitrogens with zero attached hydrogens (tertiary/aromatic N) is 2. The van der Waals surface area contributed by atoms with E-state index in [-0.39, 0.29) is 24.8 Å². The number of nitrogens with one attached hydrogen (secondary N) is 1. The van der Waals surface area contributed by atoms with Crippen LogP contribution >= 0.6 is 0 Å². The maximum absolute atomic E-state index is 13.0. The predicted octanol–water partition coefficient (Wildman–Crippen LogP) is 2.78. The number of hydrogen-bond acceptors (Lipinski definition) is 6. The van der Waals surface area contributed by atoms with E-state index in [4.69, 9.17) is 9.47 Å². The number of Topliss-reactive ketones (excluding diaryl/α,β-unsaturated/α-hetero) is 1. The van der Waals surface area contributed by atoms with Gasteiger partial charge in [-0.3, -0.25) is 14.5 Å². The number of ether oxygens (including phenoxy) is 2. The highest BCUT2D eigenvalue weighted by Gasteiger charge is 2.26. The normalized spacial score (nSPS) is 14.2. The first kappa shape index (κ1) is 24.5. The molecule has 0 saturated carbocycles. The van der Waals surface area contributed by atoms with Crippen LogP contribution in [0, 0.1) is 13.8 Å². The number of piperazine rings is 1. The summed E-state index contributed by atoms with van der Waals surface area (Å²) >= 11 is 0. The summed E-state index contributed by atoms with van der Waals surface area (Å²) in [6.07, 6.45) is 1.15. The Bertz CT molecular complexity index is 988. The molecule has 0 atom stereocenters. The largest absolute Gasteiger partial charge is 0.497 e. The number of carbonyl (C=O) groups is 3. The first-order chi connectivity index (χ1) is 15.8. The third-order valence-corrected chi connectivity index (χ3v) is 6.07. The summed E-state index contributed by atoms with van der Waals surface area (Å²) in [6.45, 7) is 8.35. The smallest absolute Gasteiger partial charge is 0.355 e. The second-order valence-corrected chi connectivity index (χ2v) is 8.27. The monoisotopic (exact) mass is 455 g/mol. The molecule has 1 amide bonds. The van der Waals surface area contributed by atoms with E-state index in [1.54, 1.807) is 27.9 Å². The summed E-state index contributed by atoms with van der Waals surface area (Å²) in [5, 5.41) is 0. The van der Waals surface area contributed by atoms with Crippen molar-refractivity contribution >= 4 is 17.7 Å². The molecule has 0 radical (unpaired) electrons. The third-order valence-electron chi connectivity index (χ3n) is 6.07. The van der Waals surface area contributed by atoms with Crippen LogP contribution in [-0.4, -0.2) is 78.9 Å². The van der Waals surface area contributed by atoms with E-state index in [1.807, 2.05) is 29.2 Å². The number of amides is 1. The number of H-pyrrole nitrogens is 1. The van der Waals surface area contributed by atoms with Crippen LogP contribution in [0.2, 0.25) is 0 Å². The lowest BCUT2D eigenvalue weighted by molar-refractivity contribution is -0.132. The van der Waals surface area contributed by atoms with Gasteiger partial charge in [0.2, 0.25) is 5.91 Å². The van der Waals surface area contributed by atoms with Crippen molar-refractivity contribution < 1.29 is 23.9 Å². The molecule has 2 aromatic rings. The molecule has 1 aliphatic rings. The molecule has 8 heteroatoms. The Morgan fingerprint density at radius 1 is 1.03 bits per heavy atom. The van der Waals surface area contributed by atoms with Crippen molar-refractivity contribution in [1.29, 1.82) is 0 Å². The van der Waals surface area contributed by atoms with E-state index in [9.17, 15) is 14.4 Å². The summed E-state index contributed by atoms with van der Waals surface area (Å²) in [7, 11) is 1.63. The van der Waals surface area contributed by atoms with Gasteiger partial charge in [0, 0.05) is 43.9 Å². The van der Waals surface area contributed by atoms with E-state index in [0.717, 1.165) is 11.3 Å². The number of hydrogen-bond donors (Lipinski definition) is 1. The van der Waals surface area contributed by atoms with E-state index in [0.29, 0.717) is 61.5 Å². The Labute approximate surface area is 194 Å². The lowest BCUT2D eigenvalue weighted by Crippen LogP contribution is -2.50. The maximum atomic E-state index is 13.0. The van der Waals surface area contributed by atoms with Crippen molar-refractivity contribution in [2.75, 3.05) is 46.4 Å². The van der Waals surface area contributed by atoms with Gasteiger partial charge < -0.3 is 19.4 Å². The van der Waals surface area contributed by atoms with E-state index in [1.165, 1.54) is 0 Å². The zero-order chi connectivity index (χ0) is 24.0. The molecule has 2 heterocycles. The summed E-state index contributed by atoms with van der Waals surface area (Å²) in [6, 6.07) is 7.76. The molecule has 178 valence electrons. The summed E-state index contributed by atoms with van der Waals surface area (Å²) < 4.78 is 10.2. The average Bonchev–Trinajstić information content (AvgIpc) is 3.12. The van der Waals surface area contributed by atoms with Gasteiger partial charge in [0.25, 0.3) is 0 Å². The molecule has 0 spiro atoms. The minimum Gasteiger partial charge on any atom is -0.497 e. The Balaban J connectivity index is 1.49. The van der Waals surface area contributed by atoms with Crippen LogP contribution in [0.1, 0.15) is 51.0 Å². The zero-order valence-electron chi connectivity index (χ0n) is 19.9. The van der Waals surface area contributed by atoms with Crippen molar-refractivity contribution in [2.24, 2.45) is 0 Å². The molecule has 3 rings (SSSR count). The van der Waals surface area contributed by atoms with Gasteiger partial charge in [-0.25, -0.2) is 4.79 Å². The van der Waals surface area contributed by atoms with Crippen LogP contribution in [-0.2, 0) is 16.0 Å². The standard InChI is InChI=1S/C25H33N3O5/c1-5-33-25(31)24-17(2)23(18(3)26-24)21(29)16-27-12-14-28(15-13-27)22(30)11-8-19-6-9-20(32-4)10-7-19/h6-7,9-10,26H,5,8,11-16H2,1-4H3. The highest BCUT2D eigenvalue weighted by atomic mass is 16.5. The zero-order valence-corrected chi connectivity index (χ0v) is 19.9. The topological polar surface area (TPSA) is 91.9 Å². The number of ketones is 1. The number of aryl methyl sites for hydroxylation is 2. The van der Waals surface area contributed by atoms with E-state index in [2.05, 4.69) is 9.88 Å². The molecule has 1 aromatic carbocycles. The van der Waals surface area contributed by atoms with Crippen LogP contribution in [0.5, 0.6) is 5.75 Å². The van der Waals surface area contributed by atoms with Crippen LogP contribution in [0.15, 0.2) is 24.3 Å². The van der Waals surface area contributed by atoms with Crippen molar-refractivity contribution in [2.45, 2.75) is 33.6 Å². The Morgan fingerprint density at radius 2 is 1.70 bits per heavy atom. The highest BCUT2D eigenvalue weighted by molar-refractivity contribution is 6.03. The van der Waals surface area contributed by atoms with Gasteiger partial charge in [0.05, 0.1) is 20.3 Å². The minimum absolute atomic E-state index is 0.0314. The maximum Gasteiger partial charge on any atom is 0.355 e. The van der Waals surface area contributed by atoms with Crippen molar-refractivity contribution in [3.8, 4) is 5.75 Å². The van der Waals surface area contributed by atoms with Gasteiger partial charge in [-0.1, -0.05) is 12.1 Å². The van der Waals surface area contributed by atoms with Gasteiger partial charge in [0.1, 0.15) is 11.4 Å². The molecule has 1 aromatic heterocycles. The molecule has 8 nitrogen and oxygen atoms in total. The quantitative estimate of drug-likeness (QED) is 0.462. The molecule has 0 aliphatic carbocycles. The fourth-order valence-corrected chi connectivity index (χ4v) is 4.21. The number of aromatic nitrogens is 1. The van der Waals surface area contributed by atoms with Crippen molar-refractivity contribution in [3.63, 3.8) is 0 Å². The molecule has 1 saturated heterocycles. The summed E-state index contributed by atoms with van der Waals surface area (Å²) in [5.41, 5.74) is 3.30. The molecule has 1 fully saturated rings. The van der Waals surface area contributed by atoms with Gasteiger partial charge in [-0.15, -0.1) is 0 Å². The van der Waals surface area contributed by atoms with Crippen LogP contribution in [0.3, 0.4) is 0 Å². The van der Waals surface area contributed by atoms with Gasteiger partial charge in [-0.05, 0) is 50.5 Å². The Hall–Kier alpha value is -3.13. The number of methoxy groups -OCH3 is 1. The fourth-order valence-electron chi connectivity index (χ4n) is 4.21. The average molecular weight is 456 g/mol. The Kier molecular flexibility index (Phi) is 8.27. The molecule has 1 N–H and O–H groups in total. The van der Waals surface area contributed by atoms with Gasteiger partial charge >= 0.3 is 5.97 Å². The fraction of sp³-hybridized carbons (Fsp3) is 0.480. The van der Waals surface area contributed by atoms with Crippen molar-refractivity contribution in [1.82, 2.24) is 14.8 Å². The number of esters is 1. The van der Waals surface area contributed by atoms with Crippen molar-refractivity contribution in [3.05, 3.63) is 52.3 Å². The molecular weight excluding hydrogens is 422 g/mol. The minimum atomic E-state index is -0.445. The molecule has 0 bridgehead atoms. The molecular formula is C25H33N3O5. The summed E-state index contributed by atoms with van der Waals surface area (Å²) in [5.74, 6) is 0.459. The third kappa shape index (κ3) is 6.01. The van der Waals surface area contributed by atoms with E-state index < -0.39 is 5.97 Å². The van der Waals surface area contributed by atoms with E-state index >= 15 is 0 Å². The van der Waals surface area contributed by atoms with Crippen LogP contribution < -0.4 is 4.74 Å². The lowest BCUT2D eigenvalue weighted by atomic mass is 10.0. The molecule has 1 aliphatic heterocycles. The van der Waals surface area contributed by atoms with Crippen LogP contribution in [0.25, 0.3) is 0 Å². The van der Waals surface area contributed by atoms with Gasteiger partial charge in [-0.2, -0.15) is 0 Å². The first-order valence-electron chi connectivity index (χ1n) is 11.4. The molecule has 33 heavy (non-hydrogen) atoms. The first-order valence-corrected chi connectivity index (χ1v) is 11.4. The molecule has 0 unspecified atom stereocenters. The highest BCUT2D eigenvalue weighted by Crippen LogP contribution is 2.20. The number of aromatic amines is 1. The number of benzene rings is 1. The SMILES string of the molecule is CCOC(=O)c1[nH]c(C)c(C(=O)CN2CCN(C(=O)CCc3ccc(OC)cc3)CC2)c1C. The predicted molar refractivity (Wildman–Crippen MR) is 125 cm³/mol. The second-order valence-electron chi connectivity index (χ2n) is 8.27. The van der Waals surface area contributed by atoms with Gasteiger partial charge in [0.15, 0.2) is 5.78 Å². The van der Waals surface area contributed by atoms with Crippen LogP contribution in [0.4, 0.5) is 0 Å².